The van der Waals surface area contributed by atoms with Crippen LogP contribution in [0.4, 0.5) is 0 Å². The van der Waals surface area contributed by atoms with Crippen molar-refractivity contribution in [2.24, 2.45) is 11.8 Å². The number of hydrogen-bond acceptors (Lipinski definition) is 5. The maximum Gasteiger partial charge on any atom is 0.252 e. The van der Waals surface area contributed by atoms with Gasteiger partial charge in [-0.05, 0) is 40.9 Å². The van der Waals surface area contributed by atoms with Gasteiger partial charge in [-0.3, -0.25) is 4.79 Å². The average molecular weight is 406 g/mol. The smallest absolute Gasteiger partial charge is 0.252 e. The highest BCUT2D eigenvalue weighted by molar-refractivity contribution is 7.51. The van der Waals surface area contributed by atoms with Crippen LogP contribution in [0.5, 0.6) is 0 Å². The van der Waals surface area contributed by atoms with E-state index >= 15 is 0 Å². The molecule has 7 heteroatoms. The maximum absolute atomic E-state index is 12.9. The van der Waals surface area contributed by atoms with Crippen LogP contribution in [-0.4, -0.2) is 52.7 Å². The zero-order valence-electron chi connectivity index (χ0n) is 16.3. The van der Waals surface area contributed by atoms with Crippen molar-refractivity contribution in [1.82, 2.24) is 20.1 Å². The van der Waals surface area contributed by atoms with Crippen LogP contribution in [0, 0.1) is 18.8 Å². The van der Waals surface area contributed by atoms with Crippen molar-refractivity contribution in [2.75, 3.05) is 26.2 Å². The van der Waals surface area contributed by atoms with E-state index in [2.05, 4.69) is 33.6 Å². The Balaban J connectivity index is 1.26. The van der Waals surface area contributed by atoms with Crippen molar-refractivity contribution in [3.63, 3.8) is 0 Å². The van der Waals surface area contributed by atoms with Crippen molar-refractivity contribution in [2.45, 2.75) is 12.7 Å². The highest BCUT2D eigenvalue weighted by Gasteiger charge is 2.38. The number of nitrogens with one attached hydrogen (secondary N) is 1. The van der Waals surface area contributed by atoms with Crippen molar-refractivity contribution in [3.8, 4) is 0 Å². The lowest BCUT2D eigenvalue weighted by Crippen LogP contribution is -2.37. The van der Waals surface area contributed by atoms with Crippen molar-refractivity contribution in [3.05, 3.63) is 59.8 Å². The van der Waals surface area contributed by atoms with E-state index in [4.69, 9.17) is 4.42 Å². The fraction of sp³-hybridized carbons (Fsp3) is 0.364. The molecule has 1 N–H and O–H groups in total. The van der Waals surface area contributed by atoms with Gasteiger partial charge in [0.1, 0.15) is 5.52 Å². The van der Waals surface area contributed by atoms with Gasteiger partial charge >= 0.3 is 0 Å². The zero-order chi connectivity index (χ0) is 19.5. The first kappa shape index (κ1) is 17.4. The number of rotatable bonds is 2. The van der Waals surface area contributed by atoms with E-state index < -0.39 is 0 Å². The molecule has 29 heavy (non-hydrogen) atoms. The zero-order valence-corrected chi connectivity index (χ0v) is 17.3. The van der Waals surface area contributed by atoms with Gasteiger partial charge in [-0.15, -0.1) is 0 Å². The van der Waals surface area contributed by atoms with Crippen LogP contribution < -0.4 is 5.32 Å². The van der Waals surface area contributed by atoms with Gasteiger partial charge < -0.3 is 19.5 Å². The second-order valence-corrected chi connectivity index (χ2v) is 9.72. The van der Waals surface area contributed by atoms with Crippen LogP contribution in [0.3, 0.4) is 0 Å². The van der Waals surface area contributed by atoms with Gasteiger partial charge in [-0.1, -0.05) is 20.7 Å². The predicted molar refractivity (Wildman–Crippen MR) is 114 cm³/mol. The van der Waals surface area contributed by atoms with E-state index in [0.717, 1.165) is 60.0 Å². The van der Waals surface area contributed by atoms with Crippen molar-refractivity contribution in [1.29, 1.82) is 0 Å². The second-order valence-electron chi connectivity index (χ2n) is 8.30. The van der Waals surface area contributed by atoms with Crippen LogP contribution >= 0.6 is 8.58 Å². The molecule has 4 aliphatic heterocycles. The third-order valence-corrected chi connectivity index (χ3v) is 7.92. The van der Waals surface area contributed by atoms with Gasteiger partial charge in [0.25, 0.3) is 5.91 Å². The van der Waals surface area contributed by atoms with Gasteiger partial charge in [0, 0.05) is 45.4 Å². The number of carbonyl (C=O) groups is 1. The van der Waals surface area contributed by atoms with Crippen LogP contribution in [0.1, 0.15) is 11.5 Å². The number of allylic oxidation sites excluding steroid dienone is 1. The molecule has 6 rings (SSSR count). The summed E-state index contributed by atoms with van der Waals surface area (Å²) in [5, 5.41) is 4.57. The van der Waals surface area contributed by atoms with Gasteiger partial charge in [-0.2, -0.15) is 0 Å². The standard InChI is InChI=1S/C22H23N4O2P/c1-13-24-18-4-2-14(6-19(18)28-13)20-7-21(27)26-12-17(3-5-22(26)29-20)25-10-15-8-23-9-16(15)11-25/h2-7,12,15-16,22-23,29H,8-11H2,1H3/t15-,16+,22?. The lowest BCUT2D eigenvalue weighted by molar-refractivity contribution is -0.123. The molecule has 6 nitrogen and oxygen atoms in total. The molecular formula is C22H23N4O2P. The predicted octanol–water partition coefficient (Wildman–Crippen LogP) is 2.89. The van der Waals surface area contributed by atoms with E-state index in [-0.39, 0.29) is 11.7 Å². The molecule has 2 aromatic rings. The fourth-order valence-electron chi connectivity index (χ4n) is 4.89. The Kier molecular flexibility index (Phi) is 3.93. The lowest BCUT2D eigenvalue weighted by atomic mass is 10.0. The molecule has 2 fully saturated rings. The molecule has 0 spiro atoms. The molecule has 1 aromatic carbocycles. The minimum atomic E-state index is 0.0560. The first-order valence-electron chi connectivity index (χ1n) is 10.2. The molecule has 0 radical (unpaired) electrons. The third kappa shape index (κ3) is 2.93. The van der Waals surface area contributed by atoms with Crippen molar-refractivity contribution < 1.29 is 9.21 Å². The number of nitrogens with zero attached hydrogens (tertiary/aromatic N) is 3. The SMILES string of the molecule is Cc1nc2ccc(C3=CC(=O)N4C=C(N5C[C@H]6CNC[C@H]6C5)C=CC4P3)cc2o1. The van der Waals surface area contributed by atoms with E-state index in [0.29, 0.717) is 14.5 Å². The van der Waals surface area contributed by atoms with E-state index in [1.54, 1.807) is 6.08 Å². The molecule has 5 heterocycles. The molecular weight excluding hydrogens is 383 g/mol. The summed E-state index contributed by atoms with van der Waals surface area (Å²) in [6.07, 6.45) is 8.25. The van der Waals surface area contributed by atoms with E-state index in [9.17, 15) is 4.79 Å². The summed E-state index contributed by atoms with van der Waals surface area (Å²) in [4.78, 5) is 21.7. The summed E-state index contributed by atoms with van der Waals surface area (Å²) >= 11 is 0. The van der Waals surface area contributed by atoms with Gasteiger partial charge in [-0.25, -0.2) is 4.98 Å². The minimum Gasteiger partial charge on any atom is -0.441 e. The Labute approximate surface area is 171 Å². The molecule has 1 aromatic heterocycles. The monoisotopic (exact) mass is 406 g/mol. The van der Waals surface area contributed by atoms with E-state index in [1.807, 2.05) is 30.0 Å². The quantitative estimate of drug-likeness (QED) is 0.778. The van der Waals surface area contributed by atoms with Crippen LogP contribution in [0.15, 0.2) is 52.7 Å². The minimum absolute atomic E-state index is 0.0560. The third-order valence-electron chi connectivity index (χ3n) is 6.41. The molecule has 0 saturated carbocycles. The van der Waals surface area contributed by atoms with Crippen LogP contribution in [0.25, 0.3) is 16.4 Å². The Bertz CT molecular complexity index is 1090. The van der Waals surface area contributed by atoms with Crippen LogP contribution in [-0.2, 0) is 4.79 Å². The fourth-order valence-corrected chi connectivity index (χ4v) is 6.27. The number of carbonyl (C=O) groups excluding carboxylic acids is 1. The first-order chi connectivity index (χ1) is 14.1. The Morgan fingerprint density at radius 3 is 2.90 bits per heavy atom. The molecule has 2 unspecified atom stereocenters. The van der Waals surface area contributed by atoms with Gasteiger partial charge in [0.05, 0.1) is 11.5 Å². The molecule has 148 valence electrons. The topological polar surface area (TPSA) is 61.6 Å². The van der Waals surface area contributed by atoms with Crippen molar-refractivity contribution >= 4 is 30.9 Å². The molecule has 1 amide bonds. The largest absolute Gasteiger partial charge is 0.441 e. The molecule has 4 atom stereocenters. The van der Waals surface area contributed by atoms with Gasteiger partial charge in [0.2, 0.25) is 0 Å². The normalized spacial score (nSPS) is 29.4. The maximum atomic E-state index is 12.9. The Morgan fingerprint density at radius 2 is 2.07 bits per heavy atom. The highest BCUT2D eigenvalue weighted by Crippen LogP contribution is 2.45. The molecule has 2 saturated heterocycles. The second kappa shape index (κ2) is 6.54. The summed E-state index contributed by atoms with van der Waals surface area (Å²) in [5.41, 5.74) is 3.85. The number of oxazole rings is 1. The lowest BCUT2D eigenvalue weighted by Gasteiger charge is -2.35. The summed E-state index contributed by atoms with van der Waals surface area (Å²) in [6.45, 7) is 6.25. The number of hydrogen-bond donors (Lipinski definition) is 1. The number of amides is 1. The molecule has 0 bridgehead atoms. The Hall–Kier alpha value is -2.43. The number of fused-ring (bicyclic) bond motifs is 3. The highest BCUT2D eigenvalue weighted by atomic mass is 31.1. The average Bonchev–Trinajstić information content (AvgIpc) is 3.40. The number of aromatic nitrogens is 1. The molecule has 4 aliphatic rings. The van der Waals surface area contributed by atoms with Gasteiger partial charge in [0.15, 0.2) is 11.5 Å². The first-order valence-corrected chi connectivity index (χ1v) is 11.3. The molecule has 0 aliphatic carbocycles. The number of aryl methyl sites for hydroxylation is 1. The summed E-state index contributed by atoms with van der Waals surface area (Å²) < 4.78 is 5.67. The Morgan fingerprint density at radius 1 is 1.24 bits per heavy atom. The van der Waals surface area contributed by atoms with Crippen LogP contribution in [0.2, 0.25) is 0 Å². The van der Waals surface area contributed by atoms with E-state index in [1.165, 1.54) is 5.70 Å². The number of likely N-dealkylation sites (tertiary alicyclic amines) is 1. The summed E-state index contributed by atoms with van der Waals surface area (Å²) in [5.74, 6) is 2.29. The summed E-state index contributed by atoms with van der Waals surface area (Å²) in [7, 11) is 0.509. The number of benzene rings is 1. The summed E-state index contributed by atoms with van der Waals surface area (Å²) in [6, 6.07) is 6.01.